The van der Waals surface area contributed by atoms with Gasteiger partial charge < -0.3 is 20.0 Å². The van der Waals surface area contributed by atoms with Gasteiger partial charge in [-0.1, -0.05) is 6.58 Å². The Bertz CT molecular complexity index is 1340. The fourth-order valence-electron chi connectivity index (χ4n) is 4.74. The molecule has 188 valence electrons. The highest BCUT2D eigenvalue weighted by molar-refractivity contribution is 5.87. The predicted octanol–water partition coefficient (Wildman–Crippen LogP) is 2.46. The molecule has 0 atom stereocenters. The lowest BCUT2D eigenvalue weighted by Crippen LogP contribution is -2.49. The zero-order chi connectivity index (χ0) is 25.2. The fraction of sp³-hybridized carbons (Fsp3) is 0.385. The average molecular weight is 492 g/mol. The van der Waals surface area contributed by atoms with Gasteiger partial charge in [-0.15, -0.1) is 0 Å². The zero-order valence-corrected chi connectivity index (χ0v) is 20.4. The molecule has 1 amide bonds. The van der Waals surface area contributed by atoms with Crippen LogP contribution >= 0.6 is 0 Å². The molecule has 2 aromatic heterocycles. The molecule has 2 aliphatic rings. The maximum absolute atomic E-state index is 14.9. The number of hydrogen-bond acceptors (Lipinski definition) is 7. The Hall–Kier alpha value is -3.79. The molecule has 4 heterocycles. The van der Waals surface area contributed by atoms with Crippen LogP contribution in [0.3, 0.4) is 0 Å². The molecule has 5 rings (SSSR count). The van der Waals surface area contributed by atoms with Gasteiger partial charge in [0, 0.05) is 69.2 Å². The van der Waals surface area contributed by atoms with Crippen LogP contribution in [-0.4, -0.2) is 76.6 Å². The van der Waals surface area contributed by atoms with E-state index in [9.17, 15) is 14.0 Å². The molecule has 0 unspecified atom stereocenters. The van der Waals surface area contributed by atoms with Crippen molar-refractivity contribution in [3.8, 4) is 0 Å². The van der Waals surface area contributed by atoms with Crippen molar-refractivity contribution in [2.75, 3.05) is 56.5 Å². The van der Waals surface area contributed by atoms with Crippen molar-refractivity contribution in [2.24, 2.45) is 5.92 Å². The van der Waals surface area contributed by atoms with Crippen LogP contribution in [0.5, 0.6) is 0 Å². The van der Waals surface area contributed by atoms with Crippen LogP contribution in [0.2, 0.25) is 0 Å². The molecule has 2 aliphatic heterocycles. The third-order valence-electron chi connectivity index (χ3n) is 6.98. The maximum atomic E-state index is 14.9. The Morgan fingerprint density at radius 1 is 1.19 bits per heavy atom. The van der Waals surface area contributed by atoms with E-state index < -0.39 is 0 Å². The van der Waals surface area contributed by atoms with E-state index >= 15 is 0 Å². The second-order valence-electron chi connectivity index (χ2n) is 9.48. The first kappa shape index (κ1) is 23.9. The Balaban J connectivity index is 1.30. The molecule has 1 aromatic carbocycles. The third-order valence-corrected chi connectivity index (χ3v) is 6.98. The highest BCUT2D eigenvalue weighted by atomic mass is 19.1. The second kappa shape index (κ2) is 10.1. The monoisotopic (exact) mass is 491 g/mol. The number of hydrogen-bond donors (Lipinski definition) is 1. The van der Waals surface area contributed by atoms with Gasteiger partial charge in [0.2, 0.25) is 11.9 Å². The Morgan fingerprint density at radius 2 is 1.97 bits per heavy atom. The number of carbonyl (C=O) groups is 1. The van der Waals surface area contributed by atoms with Crippen molar-refractivity contribution in [3.63, 3.8) is 0 Å². The van der Waals surface area contributed by atoms with Gasteiger partial charge in [0.05, 0.1) is 5.69 Å². The number of aromatic nitrogens is 3. The Morgan fingerprint density at radius 3 is 2.69 bits per heavy atom. The number of nitrogens with zero attached hydrogens (tertiary/aromatic N) is 6. The highest BCUT2D eigenvalue weighted by Gasteiger charge is 2.29. The number of nitrogens with one attached hydrogen (secondary N) is 1. The average Bonchev–Trinajstić information content (AvgIpc) is 2.85. The number of piperazine rings is 1. The minimum Gasteiger partial charge on any atom is -0.367 e. The van der Waals surface area contributed by atoms with Crippen LogP contribution in [-0.2, 0) is 11.3 Å². The van der Waals surface area contributed by atoms with Crippen molar-refractivity contribution in [3.05, 3.63) is 65.4 Å². The van der Waals surface area contributed by atoms with E-state index in [2.05, 4.69) is 38.7 Å². The highest BCUT2D eigenvalue weighted by Crippen LogP contribution is 2.26. The first-order chi connectivity index (χ1) is 17.4. The van der Waals surface area contributed by atoms with Crippen molar-refractivity contribution in [2.45, 2.75) is 13.0 Å². The largest absolute Gasteiger partial charge is 0.367 e. The van der Waals surface area contributed by atoms with Crippen LogP contribution < -0.4 is 15.8 Å². The summed E-state index contributed by atoms with van der Waals surface area (Å²) in [5, 5.41) is 3.82. The molecule has 2 saturated heterocycles. The summed E-state index contributed by atoms with van der Waals surface area (Å²) >= 11 is 0. The van der Waals surface area contributed by atoms with Crippen LogP contribution in [0, 0.1) is 11.7 Å². The van der Waals surface area contributed by atoms with E-state index in [0.717, 1.165) is 38.0 Å². The third kappa shape index (κ3) is 4.94. The molecule has 0 spiro atoms. The molecule has 3 aromatic rings. The number of aryl methyl sites for hydroxylation is 1. The van der Waals surface area contributed by atoms with E-state index in [-0.39, 0.29) is 17.3 Å². The maximum Gasteiger partial charge on any atom is 0.252 e. The van der Waals surface area contributed by atoms with E-state index in [1.165, 1.54) is 18.2 Å². The number of likely N-dealkylation sites (N-methyl/N-ethyl adjacent to an activating group) is 1. The van der Waals surface area contributed by atoms with E-state index in [0.29, 0.717) is 48.5 Å². The molecule has 0 aliphatic carbocycles. The normalized spacial score (nSPS) is 16.7. The number of halogens is 1. The number of pyridine rings is 1. The lowest BCUT2D eigenvalue weighted by Gasteiger charge is -2.38. The van der Waals surface area contributed by atoms with E-state index in [4.69, 9.17) is 0 Å². The van der Waals surface area contributed by atoms with Gasteiger partial charge in [-0.3, -0.25) is 14.2 Å². The molecule has 0 bridgehead atoms. The number of rotatable bonds is 7. The minimum atomic E-state index is -0.299. The molecule has 9 nitrogen and oxygen atoms in total. The number of anilines is 3. The van der Waals surface area contributed by atoms with Crippen LogP contribution in [0.15, 0.2) is 54.0 Å². The SMILES string of the molecule is C=CC(=O)N1CC(CCn2c(=O)ccc3cnc(Nc4ccc(N5CCN(C)CC5)c(F)c4)nc32)C1. The van der Waals surface area contributed by atoms with Crippen molar-refractivity contribution in [1.29, 1.82) is 0 Å². The molecule has 0 radical (unpaired) electrons. The first-order valence-corrected chi connectivity index (χ1v) is 12.2. The van der Waals surface area contributed by atoms with Gasteiger partial charge in [0.25, 0.3) is 5.56 Å². The smallest absolute Gasteiger partial charge is 0.252 e. The molecular formula is C26H30FN7O2. The summed E-state index contributed by atoms with van der Waals surface area (Å²) in [4.78, 5) is 39.3. The lowest BCUT2D eigenvalue weighted by atomic mass is 9.96. The number of likely N-dealkylation sites (tertiary alicyclic amines) is 1. The fourth-order valence-corrected chi connectivity index (χ4v) is 4.74. The predicted molar refractivity (Wildman–Crippen MR) is 138 cm³/mol. The standard InChI is InChI=1S/C26H30FN7O2/c1-3-23(35)33-16-18(17-33)8-9-34-24(36)7-4-19-15-28-26(30-25(19)34)29-20-5-6-22(21(27)14-20)32-12-10-31(2)11-13-32/h3-7,14-15,18H,1,8-13,16-17H2,2H3,(H,28,29,30). The van der Waals surface area contributed by atoms with Gasteiger partial charge in [-0.2, -0.15) is 4.98 Å². The van der Waals surface area contributed by atoms with Crippen molar-refractivity contribution < 1.29 is 9.18 Å². The van der Waals surface area contributed by atoms with E-state index in [1.807, 2.05) is 6.07 Å². The van der Waals surface area contributed by atoms with Crippen LogP contribution in [0.25, 0.3) is 11.0 Å². The molecule has 36 heavy (non-hydrogen) atoms. The molecule has 1 N–H and O–H groups in total. The zero-order valence-electron chi connectivity index (χ0n) is 20.4. The van der Waals surface area contributed by atoms with Gasteiger partial charge in [0.1, 0.15) is 11.5 Å². The second-order valence-corrected chi connectivity index (χ2v) is 9.48. The summed E-state index contributed by atoms with van der Waals surface area (Å²) in [6.07, 6.45) is 3.73. The number of amides is 1. The summed E-state index contributed by atoms with van der Waals surface area (Å²) in [7, 11) is 2.07. The number of benzene rings is 1. The Labute approximate surface area is 208 Å². The molecule has 10 heteroatoms. The number of carbonyl (C=O) groups excluding carboxylic acids is 1. The van der Waals surface area contributed by atoms with Gasteiger partial charge in [-0.05, 0) is 49.7 Å². The number of fused-ring (bicyclic) bond motifs is 1. The molecule has 2 fully saturated rings. The summed E-state index contributed by atoms with van der Waals surface area (Å²) in [6, 6.07) is 8.26. The summed E-state index contributed by atoms with van der Waals surface area (Å²) in [5.74, 6) is 0.258. The Kier molecular flexibility index (Phi) is 6.69. The summed E-state index contributed by atoms with van der Waals surface area (Å²) in [6.45, 7) is 8.72. The lowest BCUT2D eigenvalue weighted by molar-refractivity contribution is -0.132. The quantitative estimate of drug-likeness (QED) is 0.508. The van der Waals surface area contributed by atoms with Crippen LogP contribution in [0.4, 0.5) is 21.7 Å². The molecular weight excluding hydrogens is 461 g/mol. The summed E-state index contributed by atoms with van der Waals surface area (Å²) < 4.78 is 16.5. The first-order valence-electron chi connectivity index (χ1n) is 12.2. The van der Waals surface area contributed by atoms with Crippen LogP contribution in [0.1, 0.15) is 6.42 Å². The van der Waals surface area contributed by atoms with Gasteiger partial charge >= 0.3 is 0 Å². The topological polar surface area (TPSA) is 86.6 Å². The van der Waals surface area contributed by atoms with Crippen molar-refractivity contribution >= 4 is 34.3 Å². The minimum absolute atomic E-state index is 0.0648. The summed E-state index contributed by atoms with van der Waals surface area (Å²) in [5.41, 5.74) is 1.50. The van der Waals surface area contributed by atoms with Crippen molar-refractivity contribution in [1.82, 2.24) is 24.3 Å². The van der Waals surface area contributed by atoms with E-state index in [1.54, 1.807) is 27.8 Å². The van der Waals surface area contributed by atoms with Gasteiger partial charge in [-0.25, -0.2) is 9.37 Å². The van der Waals surface area contributed by atoms with Gasteiger partial charge in [0.15, 0.2) is 0 Å². The molecule has 0 saturated carbocycles.